The van der Waals surface area contributed by atoms with E-state index in [1.165, 1.54) is 37.6 Å². The normalized spacial score (nSPS) is 19.6. The summed E-state index contributed by atoms with van der Waals surface area (Å²) in [7, 11) is 1.52. The fraction of sp³-hybridized carbons (Fsp3) is 0.312. The van der Waals surface area contributed by atoms with E-state index in [0.29, 0.717) is 6.54 Å². The minimum atomic E-state index is -0.416. The Hall–Kier alpha value is -1.80. The minimum Gasteiger partial charge on any atom is -0.398 e. The average molecular weight is 420 g/mol. The Balaban J connectivity index is 2.04. The first-order chi connectivity index (χ1) is 12.3. The van der Waals surface area contributed by atoms with Crippen LogP contribution in [0.5, 0.6) is 0 Å². The second-order valence-corrected chi connectivity index (χ2v) is 6.90. The number of hydrogen-bond acceptors (Lipinski definition) is 5. The minimum absolute atomic E-state index is 0.0459. The molecule has 1 aliphatic heterocycles. The molecule has 26 heavy (non-hydrogen) atoms. The fourth-order valence-electron chi connectivity index (χ4n) is 2.52. The molecule has 0 saturated carbocycles. The quantitative estimate of drug-likeness (QED) is 0.433. The predicted molar refractivity (Wildman–Crippen MR) is 101 cm³/mol. The molecule has 0 bridgehead atoms. The van der Waals surface area contributed by atoms with E-state index < -0.39 is 11.9 Å². The van der Waals surface area contributed by atoms with Crippen molar-refractivity contribution in [3.05, 3.63) is 45.7 Å². The molecule has 0 unspecified atom stereocenters. The zero-order valence-corrected chi connectivity index (χ0v) is 16.1. The van der Waals surface area contributed by atoms with E-state index in [0.717, 1.165) is 0 Å². The monoisotopic (exact) mass is 418 g/mol. The van der Waals surface area contributed by atoms with Gasteiger partial charge in [0.05, 0.1) is 17.7 Å². The number of pyridine rings is 1. The number of nitrogens with two attached hydrogens (primary N) is 1. The van der Waals surface area contributed by atoms with Gasteiger partial charge in [-0.15, -0.1) is 0 Å². The lowest BCUT2D eigenvalue weighted by Crippen LogP contribution is -2.44. The molecular weight excluding hydrogens is 403 g/mol. The second kappa shape index (κ2) is 9.23. The Morgan fingerprint density at radius 1 is 1.42 bits per heavy atom. The van der Waals surface area contributed by atoms with Crippen molar-refractivity contribution in [2.45, 2.75) is 12.1 Å². The van der Waals surface area contributed by atoms with Crippen LogP contribution in [0, 0.1) is 0 Å². The number of ether oxygens (including phenoxy) is 1. The van der Waals surface area contributed by atoms with Gasteiger partial charge in [-0.05, 0) is 12.1 Å². The van der Waals surface area contributed by atoms with E-state index >= 15 is 0 Å². The number of methoxy groups -OCH3 is 1. The molecule has 0 aromatic carbocycles. The van der Waals surface area contributed by atoms with Crippen molar-refractivity contribution in [3.8, 4) is 0 Å². The number of halogens is 3. The van der Waals surface area contributed by atoms with E-state index in [1.807, 2.05) is 0 Å². The van der Waals surface area contributed by atoms with Crippen LogP contribution < -0.4 is 11.1 Å². The number of nitrogens with one attached hydrogen (secondary N) is 1. The number of likely N-dealkylation sites (tertiary alicyclic amines) is 1. The second-order valence-electron chi connectivity index (χ2n) is 5.51. The van der Waals surface area contributed by atoms with Gasteiger partial charge < -0.3 is 20.7 Å². The SMILES string of the molecule is CO[C@@H]1CN(C(=O)/C=C/C=C(Cl)Cl)C[C@@H]1NC(=O)c1cnc(Cl)cc1N. The number of allylic oxidation sites excluding steroid dienone is 2. The number of carbonyl (C=O) groups excluding carboxylic acids is 2. The van der Waals surface area contributed by atoms with Crippen LogP contribution in [0.1, 0.15) is 10.4 Å². The van der Waals surface area contributed by atoms with Gasteiger partial charge in [-0.2, -0.15) is 0 Å². The summed E-state index contributed by atoms with van der Waals surface area (Å²) in [6, 6.07) is 1.00. The fourth-order valence-corrected chi connectivity index (χ4v) is 2.83. The van der Waals surface area contributed by atoms with Crippen LogP contribution in [0.25, 0.3) is 0 Å². The molecule has 1 aromatic rings. The highest BCUT2D eigenvalue weighted by atomic mass is 35.5. The van der Waals surface area contributed by atoms with Gasteiger partial charge in [0.25, 0.3) is 5.91 Å². The number of anilines is 1. The van der Waals surface area contributed by atoms with Gasteiger partial charge >= 0.3 is 0 Å². The molecule has 10 heteroatoms. The Kier molecular flexibility index (Phi) is 7.28. The largest absolute Gasteiger partial charge is 0.398 e. The average Bonchev–Trinajstić information content (AvgIpc) is 2.97. The zero-order valence-electron chi connectivity index (χ0n) is 13.8. The highest BCUT2D eigenvalue weighted by molar-refractivity contribution is 6.56. The van der Waals surface area contributed by atoms with E-state index in [9.17, 15) is 9.59 Å². The molecule has 1 fully saturated rings. The lowest BCUT2D eigenvalue weighted by Gasteiger charge is -2.18. The number of hydrogen-bond donors (Lipinski definition) is 2. The topological polar surface area (TPSA) is 97.5 Å². The summed E-state index contributed by atoms with van der Waals surface area (Å²) >= 11 is 16.7. The van der Waals surface area contributed by atoms with Crippen molar-refractivity contribution in [2.24, 2.45) is 0 Å². The maximum absolute atomic E-state index is 12.4. The molecule has 2 heterocycles. The molecule has 3 N–H and O–H groups in total. The molecule has 2 atom stereocenters. The Bertz CT molecular complexity index is 750. The van der Waals surface area contributed by atoms with Crippen LogP contribution in [0.4, 0.5) is 5.69 Å². The van der Waals surface area contributed by atoms with Crippen LogP contribution in [0.15, 0.2) is 35.0 Å². The van der Waals surface area contributed by atoms with Crippen LogP contribution in [-0.4, -0.2) is 54.0 Å². The number of amides is 2. The number of rotatable bonds is 5. The third kappa shape index (κ3) is 5.35. The predicted octanol–water partition coefficient (Wildman–Crippen LogP) is 2.15. The third-order valence-electron chi connectivity index (χ3n) is 3.81. The number of nitrogens with zero attached hydrogens (tertiary/aromatic N) is 2. The number of aromatic nitrogens is 1. The first-order valence-corrected chi connectivity index (χ1v) is 8.68. The van der Waals surface area contributed by atoms with Crippen molar-refractivity contribution in [2.75, 3.05) is 25.9 Å². The van der Waals surface area contributed by atoms with Crippen molar-refractivity contribution in [1.29, 1.82) is 0 Å². The summed E-state index contributed by atoms with van der Waals surface area (Å²) in [6.07, 6.45) is 5.12. The molecule has 2 amide bonds. The summed E-state index contributed by atoms with van der Waals surface area (Å²) in [5.74, 6) is -0.664. The van der Waals surface area contributed by atoms with Crippen LogP contribution in [0.3, 0.4) is 0 Å². The zero-order chi connectivity index (χ0) is 19.3. The highest BCUT2D eigenvalue weighted by Crippen LogP contribution is 2.18. The van der Waals surface area contributed by atoms with E-state index in [1.54, 1.807) is 4.90 Å². The van der Waals surface area contributed by atoms with Crippen molar-refractivity contribution >= 4 is 52.3 Å². The first-order valence-electron chi connectivity index (χ1n) is 7.54. The van der Waals surface area contributed by atoms with Gasteiger partial charge in [0.2, 0.25) is 5.91 Å². The van der Waals surface area contributed by atoms with Gasteiger partial charge in [0, 0.05) is 38.2 Å². The molecule has 0 aliphatic carbocycles. The van der Waals surface area contributed by atoms with Crippen LogP contribution >= 0.6 is 34.8 Å². The van der Waals surface area contributed by atoms with Crippen molar-refractivity contribution < 1.29 is 14.3 Å². The van der Waals surface area contributed by atoms with Gasteiger partial charge in [-0.3, -0.25) is 9.59 Å². The standard InChI is InChI=1S/C16H17Cl3N4O3/c1-26-12-8-23(15(24)4-2-3-13(17)18)7-11(12)22-16(25)9-6-21-14(19)5-10(9)20/h2-6,11-12H,7-8H2,1H3,(H2,20,21)(H,22,25)/b4-2+/t11-,12+/m0/s1. The maximum Gasteiger partial charge on any atom is 0.255 e. The third-order valence-corrected chi connectivity index (χ3v) is 4.26. The summed E-state index contributed by atoms with van der Waals surface area (Å²) in [4.78, 5) is 30.0. The van der Waals surface area contributed by atoms with Gasteiger partial charge in [-0.1, -0.05) is 40.9 Å². The maximum atomic E-state index is 12.4. The van der Waals surface area contributed by atoms with Crippen molar-refractivity contribution in [1.82, 2.24) is 15.2 Å². The lowest BCUT2D eigenvalue weighted by molar-refractivity contribution is -0.125. The Labute approximate surface area is 165 Å². The van der Waals surface area contributed by atoms with Crippen molar-refractivity contribution in [3.63, 3.8) is 0 Å². The van der Waals surface area contributed by atoms with E-state index in [2.05, 4.69) is 10.3 Å². The summed E-state index contributed by atoms with van der Waals surface area (Å²) in [5.41, 5.74) is 6.22. The summed E-state index contributed by atoms with van der Waals surface area (Å²) in [6.45, 7) is 0.615. The van der Waals surface area contributed by atoms with Gasteiger partial charge in [-0.25, -0.2) is 4.98 Å². The molecule has 7 nitrogen and oxygen atoms in total. The van der Waals surface area contributed by atoms with Crippen LogP contribution in [0.2, 0.25) is 5.15 Å². The Morgan fingerprint density at radius 2 is 2.15 bits per heavy atom. The highest BCUT2D eigenvalue weighted by Gasteiger charge is 2.36. The number of carbonyl (C=O) groups is 2. The molecule has 1 aromatic heterocycles. The van der Waals surface area contributed by atoms with E-state index in [4.69, 9.17) is 45.3 Å². The van der Waals surface area contributed by atoms with Gasteiger partial charge in [0.15, 0.2) is 0 Å². The summed E-state index contributed by atoms with van der Waals surface area (Å²) in [5, 5.41) is 3.01. The molecule has 1 aliphatic rings. The van der Waals surface area contributed by atoms with Gasteiger partial charge in [0.1, 0.15) is 9.64 Å². The van der Waals surface area contributed by atoms with Crippen LogP contribution in [-0.2, 0) is 9.53 Å². The smallest absolute Gasteiger partial charge is 0.255 e. The molecule has 2 rings (SSSR count). The number of nitrogen functional groups attached to an aromatic ring is 1. The molecular formula is C16H17Cl3N4O3. The Morgan fingerprint density at radius 3 is 2.77 bits per heavy atom. The lowest BCUT2D eigenvalue weighted by atomic mass is 10.1. The first kappa shape index (κ1) is 20.5. The van der Waals surface area contributed by atoms with E-state index in [-0.39, 0.29) is 39.5 Å². The molecule has 0 spiro atoms. The molecule has 1 saturated heterocycles. The molecule has 140 valence electrons. The molecule has 0 radical (unpaired) electrons. The summed E-state index contributed by atoms with van der Waals surface area (Å²) < 4.78 is 5.42.